The Bertz CT molecular complexity index is 312. The fraction of sp³-hybridized carbons (Fsp3) is 0.111. The first-order chi connectivity index (χ1) is 6.13. The molecule has 0 bridgehead atoms. The van der Waals surface area contributed by atoms with Crippen LogP contribution >= 0.6 is 0 Å². The van der Waals surface area contributed by atoms with Gasteiger partial charge in [0.05, 0.1) is 0 Å². The molecular weight excluding hydrogens is 218 g/mol. The van der Waals surface area contributed by atoms with E-state index < -0.39 is 17.9 Å². The molecule has 0 unspecified atom stereocenters. The van der Waals surface area contributed by atoms with Crippen LogP contribution in [0.15, 0.2) is 30.3 Å². The second-order valence-electron chi connectivity index (χ2n) is 2.52. The molecule has 0 amide bonds. The summed E-state index contributed by atoms with van der Waals surface area (Å²) in [4.78, 5) is 21.1. The van der Waals surface area contributed by atoms with Crippen LogP contribution < -0.4 is 0 Å². The summed E-state index contributed by atoms with van der Waals surface area (Å²) < 4.78 is 0. The molecule has 0 fully saturated rings. The van der Waals surface area contributed by atoms with Gasteiger partial charge in [0.15, 0.2) is 5.92 Å². The number of carboxylic acids is 2. The minimum atomic E-state index is -1.47. The summed E-state index contributed by atoms with van der Waals surface area (Å²) in [6.45, 7) is 0. The van der Waals surface area contributed by atoms with Crippen LogP contribution in [0, 0.1) is 0 Å². The maximum Gasteiger partial charge on any atom is 0.322 e. The summed E-state index contributed by atoms with van der Waals surface area (Å²) in [7, 11) is 0. The summed E-state index contributed by atoms with van der Waals surface area (Å²) in [5.41, 5.74) is 0.280. The van der Waals surface area contributed by atoms with Crippen molar-refractivity contribution in [1.29, 1.82) is 0 Å². The van der Waals surface area contributed by atoms with Crippen LogP contribution in [0.5, 0.6) is 0 Å². The Balaban J connectivity index is 0. The molecule has 2 N–H and O–H groups in total. The van der Waals surface area contributed by atoms with E-state index in [1.54, 1.807) is 18.2 Å². The average molecular weight is 226 g/mol. The number of benzene rings is 1. The summed E-state index contributed by atoms with van der Waals surface area (Å²) in [5, 5.41) is 17.2. The molecule has 0 aromatic heterocycles. The molecular formula is C9H8Na2O4. The zero-order chi connectivity index (χ0) is 9.84. The van der Waals surface area contributed by atoms with Gasteiger partial charge in [0.2, 0.25) is 0 Å². The first-order valence-electron chi connectivity index (χ1n) is 3.63. The predicted molar refractivity (Wildman–Crippen MR) is 56.0 cm³/mol. The van der Waals surface area contributed by atoms with Crippen molar-refractivity contribution in [3.8, 4) is 0 Å². The quantitative estimate of drug-likeness (QED) is 0.569. The van der Waals surface area contributed by atoms with Gasteiger partial charge in [0, 0.05) is 59.1 Å². The molecule has 0 aliphatic carbocycles. The van der Waals surface area contributed by atoms with Crippen LogP contribution in [0.4, 0.5) is 0 Å². The molecule has 0 heterocycles. The molecule has 0 aliphatic heterocycles. The SMILES string of the molecule is O=C(O)C(C(=O)O)c1ccccc1.[Na].[Na]. The molecule has 0 saturated carbocycles. The van der Waals surface area contributed by atoms with Crippen molar-refractivity contribution in [2.75, 3.05) is 0 Å². The minimum Gasteiger partial charge on any atom is -0.480 e. The Hall–Kier alpha value is 0.160. The molecule has 0 atom stereocenters. The van der Waals surface area contributed by atoms with Gasteiger partial charge in [-0.3, -0.25) is 9.59 Å². The zero-order valence-corrected chi connectivity index (χ0v) is 12.7. The molecule has 1 aromatic carbocycles. The van der Waals surface area contributed by atoms with Crippen molar-refractivity contribution in [2.45, 2.75) is 5.92 Å². The van der Waals surface area contributed by atoms with Gasteiger partial charge in [-0.15, -0.1) is 0 Å². The second kappa shape index (κ2) is 8.33. The number of hydrogen-bond acceptors (Lipinski definition) is 2. The van der Waals surface area contributed by atoms with Crippen molar-refractivity contribution in [3.63, 3.8) is 0 Å². The summed E-state index contributed by atoms with van der Waals surface area (Å²) in [5.74, 6) is -4.17. The first-order valence-corrected chi connectivity index (χ1v) is 3.63. The van der Waals surface area contributed by atoms with Gasteiger partial charge in [-0.05, 0) is 5.56 Å². The van der Waals surface area contributed by atoms with Crippen LogP contribution in [-0.2, 0) is 9.59 Å². The van der Waals surface area contributed by atoms with Crippen molar-refractivity contribution < 1.29 is 19.8 Å². The van der Waals surface area contributed by atoms with Crippen LogP contribution in [0.2, 0.25) is 0 Å². The topological polar surface area (TPSA) is 74.6 Å². The van der Waals surface area contributed by atoms with E-state index in [-0.39, 0.29) is 64.7 Å². The van der Waals surface area contributed by atoms with E-state index in [4.69, 9.17) is 10.2 Å². The van der Waals surface area contributed by atoms with Gasteiger partial charge >= 0.3 is 11.9 Å². The molecule has 0 saturated heterocycles. The monoisotopic (exact) mass is 226 g/mol. The fourth-order valence-electron chi connectivity index (χ4n) is 1.04. The van der Waals surface area contributed by atoms with Gasteiger partial charge in [-0.1, -0.05) is 30.3 Å². The van der Waals surface area contributed by atoms with Crippen LogP contribution in [0.3, 0.4) is 0 Å². The second-order valence-corrected chi connectivity index (χ2v) is 2.52. The van der Waals surface area contributed by atoms with Crippen LogP contribution in [-0.4, -0.2) is 81.3 Å². The molecule has 70 valence electrons. The maximum atomic E-state index is 10.6. The van der Waals surface area contributed by atoms with Crippen LogP contribution in [0.1, 0.15) is 11.5 Å². The summed E-state index contributed by atoms with van der Waals surface area (Å²) in [6, 6.07) is 7.87. The molecule has 4 nitrogen and oxygen atoms in total. The number of carboxylic acid groups (broad SMARTS) is 2. The summed E-state index contributed by atoms with van der Waals surface area (Å²) >= 11 is 0. The largest absolute Gasteiger partial charge is 0.480 e. The number of rotatable bonds is 3. The van der Waals surface area contributed by atoms with Crippen LogP contribution in [0.25, 0.3) is 0 Å². The third kappa shape index (κ3) is 5.15. The maximum absolute atomic E-state index is 10.6. The van der Waals surface area contributed by atoms with Crippen molar-refractivity contribution in [1.82, 2.24) is 0 Å². The average Bonchev–Trinajstić information content (AvgIpc) is 2.04. The van der Waals surface area contributed by atoms with Gasteiger partial charge in [-0.25, -0.2) is 0 Å². The van der Waals surface area contributed by atoms with E-state index in [2.05, 4.69) is 0 Å². The van der Waals surface area contributed by atoms with E-state index in [0.29, 0.717) is 0 Å². The zero-order valence-electron chi connectivity index (χ0n) is 8.68. The standard InChI is InChI=1S/C9H8O4.2Na/c10-8(11)7(9(12)13)6-4-2-1-3-5-6;;/h1-5,7H,(H,10,11)(H,12,13);;. The Labute approximate surface area is 131 Å². The van der Waals surface area contributed by atoms with Gasteiger partial charge in [0.25, 0.3) is 0 Å². The number of carbonyl (C=O) groups is 2. The normalized spacial score (nSPS) is 8.60. The Morgan fingerprint density at radius 1 is 0.933 bits per heavy atom. The third-order valence-corrected chi connectivity index (χ3v) is 1.63. The molecule has 2 radical (unpaired) electrons. The first kappa shape index (κ1) is 17.6. The molecule has 6 heteroatoms. The molecule has 0 spiro atoms. The Morgan fingerprint density at radius 2 is 1.33 bits per heavy atom. The van der Waals surface area contributed by atoms with Gasteiger partial charge in [0.1, 0.15) is 0 Å². The Kier molecular flexibility index (Phi) is 9.74. The van der Waals surface area contributed by atoms with Crippen molar-refractivity contribution in [3.05, 3.63) is 35.9 Å². The molecule has 0 aliphatic rings. The number of aliphatic carboxylic acids is 2. The summed E-state index contributed by atoms with van der Waals surface area (Å²) in [6.07, 6.45) is 0. The Morgan fingerprint density at radius 3 is 1.67 bits per heavy atom. The van der Waals surface area contributed by atoms with E-state index in [0.717, 1.165) is 0 Å². The third-order valence-electron chi connectivity index (χ3n) is 1.63. The fourth-order valence-corrected chi connectivity index (χ4v) is 1.04. The number of hydrogen-bond donors (Lipinski definition) is 2. The molecule has 1 rings (SSSR count). The predicted octanol–water partition coefficient (Wildman–Crippen LogP) is 0.178. The molecule has 15 heavy (non-hydrogen) atoms. The minimum absolute atomic E-state index is 0. The van der Waals surface area contributed by atoms with E-state index >= 15 is 0 Å². The molecule has 1 aromatic rings. The van der Waals surface area contributed by atoms with E-state index in [9.17, 15) is 9.59 Å². The van der Waals surface area contributed by atoms with E-state index in [1.807, 2.05) is 0 Å². The van der Waals surface area contributed by atoms with Gasteiger partial charge in [-0.2, -0.15) is 0 Å². The van der Waals surface area contributed by atoms with Gasteiger partial charge < -0.3 is 10.2 Å². The smallest absolute Gasteiger partial charge is 0.322 e. The van der Waals surface area contributed by atoms with E-state index in [1.165, 1.54) is 12.1 Å². The van der Waals surface area contributed by atoms with Crippen molar-refractivity contribution in [2.24, 2.45) is 0 Å². The van der Waals surface area contributed by atoms with Crippen molar-refractivity contribution >= 4 is 71.1 Å².